The molecule has 0 amide bonds. The normalized spacial score (nSPS) is 11.0. The zero-order valence-corrected chi connectivity index (χ0v) is 14.5. The zero-order chi connectivity index (χ0) is 17.9. The molecule has 0 bridgehead atoms. The Labute approximate surface area is 150 Å². The molecular weight excluding hydrogens is 360 g/mol. The second-order valence-corrected chi connectivity index (χ2v) is 7.45. The Morgan fingerprint density at radius 2 is 1.84 bits per heavy atom. The van der Waals surface area contributed by atoms with Crippen molar-refractivity contribution in [1.82, 2.24) is 0 Å². The van der Waals surface area contributed by atoms with Gasteiger partial charge in [0.05, 0.1) is 34.0 Å². The van der Waals surface area contributed by atoms with Crippen LogP contribution in [0.5, 0.6) is 0 Å². The van der Waals surface area contributed by atoms with Gasteiger partial charge in [-0.05, 0) is 42.5 Å². The van der Waals surface area contributed by atoms with Gasteiger partial charge in [-0.3, -0.25) is 4.31 Å². The van der Waals surface area contributed by atoms with Crippen molar-refractivity contribution in [3.63, 3.8) is 0 Å². The molecule has 3 aromatic rings. The summed E-state index contributed by atoms with van der Waals surface area (Å²) in [7, 11) is -3.90. The highest BCUT2D eigenvalue weighted by Crippen LogP contribution is 2.28. The maximum atomic E-state index is 13.2. The summed E-state index contributed by atoms with van der Waals surface area (Å²) in [4.78, 5) is 0.00640. The topological polar surface area (TPSA) is 74.3 Å². The zero-order valence-electron chi connectivity index (χ0n) is 13.0. The SMILES string of the molecule is N#Cc1ccc(S(=O)(=O)N(Cc2ccco2)c2ccccc2)cc1Cl. The highest BCUT2D eigenvalue weighted by molar-refractivity contribution is 7.92. The highest BCUT2D eigenvalue weighted by atomic mass is 35.5. The molecule has 0 aliphatic heterocycles. The summed E-state index contributed by atoms with van der Waals surface area (Å²) in [5.74, 6) is 0.507. The van der Waals surface area contributed by atoms with Crippen molar-refractivity contribution in [2.75, 3.05) is 4.31 Å². The molecule has 0 aliphatic carbocycles. The van der Waals surface area contributed by atoms with Crippen molar-refractivity contribution >= 4 is 27.3 Å². The first-order valence-corrected chi connectivity index (χ1v) is 9.14. The Bertz CT molecular complexity index is 1010. The summed E-state index contributed by atoms with van der Waals surface area (Å²) in [5.41, 5.74) is 0.720. The molecule has 0 aliphatic rings. The predicted octanol–water partition coefficient (Wildman–Crippen LogP) is 4.20. The van der Waals surface area contributed by atoms with Crippen LogP contribution < -0.4 is 4.31 Å². The lowest BCUT2D eigenvalue weighted by Crippen LogP contribution is -2.30. The van der Waals surface area contributed by atoms with Gasteiger partial charge >= 0.3 is 0 Å². The van der Waals surface area contributed by atoms with E-state index in [1.54, 1.807) is 42.5 Å². The third kappa shape index (κ3) is 3.53. The molecule has 0 saturated carbocycles. The lowest BCUT2D eigenvalue weighted by molar-refractivity contribution is 0.508. The van der Waals surface area contributed by atoms with Crippen LogP contribution in [0.2, 0.25) is 5.02 Å². The van der Waals surface area contributed by atoms with Gasteiger partial charge in [-0.15, -0.1) is 0 Å². The highest BCUT2D eigenvalue weighted by Gasteiger charge is 2.26. The maximum absolute atomic E-state index is 13.2. The van der Waals surface area contributed by atoms with E-state index in [0.29, 0.717) is 11.4 Å². The number of furan rings is 1. The summed E-state index contributed by atoms with van der Waals surface area (Å²) >= 11 is 6.01. The molecule has 0 spiro atoms. The minimum atomic E-state index is -3.90. The summed E-state index contributed by atoms with van der Waals surface area (Å²) in [5, 5.41) is 9.06. The van der Waals surface area contributed by atoms with E-state index < -0.39 is 10.0 Å². The van der Waals surface area contributed by atoms with E-state index in [1.165, 1.54) is 28.8 Å². The summed E-state index contributed by atoms with van der Waals surface area (Å²) in [6.07, 6.45) is 1.49. The minimum absolute atomic E-state index is 0.00640. The van der Waals surface area contributed by atoms with Crippen LogP contribution in [0.15, 0.2) is 76.2 Å². The van der Waals surface area contributed by atoms with Gasteiger partial charge in [-0.2, -0.15) is 5.26 Å². The second kappa shape index (κ2) is 7.01. The Hall–Kier alpha value is -2.75. The monoisotopic (exact) mass is 372 g/mol. The molecule has 7 heteroatoms. The standard InChI is InChI=1S/C18H13ClN2O3S/c19-18-11-17(9-8-14(18)12-20)25(22,23)21(13-16-7-4-10-24-16)15-5-2-1-3-6-15/h1-11H,13H2. The quantitative estimate of drug-likeness (QED) is 0.672. The molecule has 1 aromatic heterocycles. The molecule has 25 heavy (non-hydrogen) atoms. The first-order chi connectivity index (χ1) is 12.0. The van der Waals surface area contributed by atoms with Gasteiger partial charge < -0.3 is 4.42 Å². The minimum Gasteiger partial charge on any atom is -0.467 e. The fourth-order valence-electron chi connectivity index (χ4n) is 2.33. The number of para-hydroxylation sites is 1. The van der Waals surface area contributed by atoms with Gasteiger partial charge in [0.1, 0.15) is 11.8 Å². The van der Waals surface area contributed by atoms with E-state index in [0.717, 1.165) is 0 Å². The van der Waals surface area contributed by atoms with Crippen LogP contribution in [0.3, 0.4) is 0 Å². The molecule has 0 saturated heterocycles. The van der Waals surface area contributed by atoms with E-state index in [4.69, 9.17) is 21.3 Å². The molecule has 0 radical (unpaired) electrons. The second-order valence-electron chi connectivity index (χ2n) is 5.18. The largest absolute Gasteiger partial charge is 0.467 e. The van der Waals surface area contributed by atoms with Crippen LogP contribution in [0.25, 0.3) is 0 Å². The number of anilines is 1. The van der Waals surface area contributed by atoms with Crippen molar-refractivity contribution in [2.45, 2.75) is 11.4 Å². The molecule has 1 heterocycles. The number of rotatable bonds is 5. The Kier molecular flexibility index (Phi) is 4.79. The molecule has 2 aromatic carbocycles. The Morgan fingerprint density at radius 3 is 2.44 bits per heavy atom. The van der Waals surface area contributed by atoms with Crippen LogP contribution in [-0.2, 0) is 16.6 Å². The molecule has 5 nitrogen and oxygen atoms in total. The summed E-state index contributed by atoms with van der Waals surface area (Å²) in [6.45, 7) is 0.0387. The number of sulfonamides is 1. The Balaban J connectivity index is 2.08. The van der Waals surface area contributed by atoms with Crippen molar-refractivity contribution in [2.24, 2.45) is 0 Å². The molecule has 126 valence electrons. The lowest BCUT2D eigenvalue weighted by Gasteiger charge is -2.23. The van der Waals surface area contributed by atoms with E-state index in [9.17, 15) is 8.42 Å². The first-order valence-electron chi connectivity index (χ1n) is 7.32. The van der Waals surface area contributed by atoms with E-state index >= 15 is 0 Å². The number of benzene rings is 2. The van der Waals surface area contributed by atoms with Gasteiger partial charge in [0.2, 0.25) is 0 Å². The maximum Gasteiger partial charge on any atom is 0.264 e. The van der Waals surface area contributed by atoms with Crippen LogP contribution in [-0.4, -0.2) is 8.42 Å². The number of nitrogens with zero attached hydrogens (tertiary/aromatic N) is 2. The summed E-state index contributed by atoms with van der Waals surface area (Å²) < 4.78 is 32.8. The number of nitriles is 1. The number of hydrogen-bond donors (Lipinski definition) is 0. The molecule has 0 unspecified atom stereocenters. The average Bonchev–Trinajstić information content (AvgIpc) is 3.13. The average molecular weight is 373 g/mol. The number of halogens is 1. The van der Waals surface area contributed by atoms with Crippen molar-refractivity contribution < 1.29 is 12.8 Å². The van der Waals surface area contributed by atoms with E-state index in [2.05, 4.69) is 0 Å². The molecule has 0 fully saturated rings. The smallest absolute Gasteiger partial charge is 0.264 e. The number of hydrogen-bond acceptors (Lipinski definition) is 4. The van der Waals surface area contributed by atoms with Gasteiger partial charge in [0.25, 0.3) is 10.0 Å². The molecule has 0 atom stereocenters. The van der Waals surface area contributed by atoms with Crippen LogP contribution >= 0.6 is 11.6 Å². The van der Waals surface area contributed by atoms with Crippen molar-refractivity contribution in [3.8, 4) is 6.07 Å². The van der Waals surface area contributed by atoms with Crippen LogP contribution in [0.4, 0.5) is 5.69 Å². The van der Waals surface area contributed by atoms with Gasteiger partial charge in [0, 0.05) is 0 Å². The van der Waals surface area contributed by atoms with Gasteiger partial charge in [0.15, 0.2) is 0 Å². The molecule has 0 N–H and O–H groups in total. The van der Waals surface area contributed by atoms with E-state index in [-0.39, 0.29) is 22.0 Å². The molecule has 3 rings (SSSR count). The molecular formula is C18H13ClN2O3S. The first kappa shape index (κ1) is 17.1. The third-order valence-electron chi connectivity index (χ3n) is 3.57. The lowest BCUT2D eigenvalue weighted by atomic mass is 10.2. The summed E-state index contributed by atoms with van der Waals surface area (Å²) in [6, 6.07) is 18.1. The van der Waals surface area contributed by atoms with E-state index in [1.807, 2.05) is 6.07 Å². The van der Waals surface area contributed by atoms with Crippen LogP contribution in [0.1, 0.15) is 11.3 Å². The van der Waals surface area contributed by atoms with Gasteiger partial charge in [-0.25, -0.2) is 8.42 Å². The fourth-order valence-corrected chi connectivity index (χ4v) is 4.07. The van der Waals surface area contributed by atoms with Crippen molar-refractivity contribution in [3.05, 3.63) is 83.3 Å². The fraction of sp³-hybridized carbons (Fsp3) is 0.0556. The predicted molar refractivity (Wildman–Crippen MR) is 94.7 cm³/mol. The van der Waals surface area contributed by atoms with Crippen molar-refractivity contribution in [1.29, 1.82) is 5.26 Å². The third-order valence-corrected chi connectivity index (χ3v) is 5.66. The Morgan fingerprint density at radius 1 is 1.08 bits per heavy atom. The van der Waals surface area contributed by atoms with Crippen LogP contribution in [0, 0.1) is 11.3 Å². The van der Waals surface area contributed by atoms with Gasteiger partial charge in [-0.1, -0.05) is 29.8 Å².